The molecule has 0 amide bonds. The SMILES string of the molecule is CC[PH](CC)(OC1CC1)c1ccccc1. The molecule has 1 nitrogen and oxygen atoms in total. The Balaban J connectivity index is 2.23. The molecule has 1 fully saturated rings. The molecule has 15 heavy (non-hydrogen) atoms. The van der Waals surface area contributed by atoms with Gasteiger partial charge in [-0.1, -0.05) is 0 Å². The third-order valence-electron chi connectivity index (χ3n) is 3.36. The van der Waals surface area contributed by atoms with E-state index >= 15 is 0 Å². The molecule has 1 aromatic carbocycles. The standard InChI is InChI=1S/C13H21OP/c1-3-15(4-2,14-12-10-11-12)13-8-6-5-7-9-13/h5-9,12,15H,3-4,10-11H2,1-2H3. The van der Waals surface area contributed by atoms with Crippen LogP contribution in [0.5, 0.6) is 0 Å². The molecule has 2 heteroatoms. The molecule has 0 bridgehead atoms. The third-order valence-corrected chi connectivity index (χ3v) is 7.81. The molecule has 0 aliphatic heterocycles. The van der Waals surface area contributed by atoms with Crippen molar-refractivity contribution in [1.29, 1.82) is 0 Å². The van der Waals surface area contributed by atoms with Crippen LogP contribution in [-0.2, 0) is 4.52 Å². The summed E-state index contributed by atoms with van der Waals surface area (Å²) in [6.45, 7) is 4.57. The first-order valence-electron chi connectivity index (χ1n) is 6.04. The van der Waals surface area contributed by atoms with E-state index in [-0.39, 0.29) is 0 Å². The van der Waals surface area contributed by atoms with Gasteiger partial charge in [0, 0.05) is 0 Å². The van der Waals surface area contributed by atoms with Gasteiger partial charge in [-0.25, -0.2) is 0 Å². The van der Waals surface area contributed by atoms with E-state index in [9.17, 15) is 0 Å². The fraction of sp³-hybridized carbons (Fsp3) is 0.538. The van der Waals surface area contributed by atoms with Crippen molar-refractivity contribution in [3.05, 3.63) is 30.3 Å². The summed E-state index contributed by atoms with van der Waals surface area (Å²) in [6.07, 6.45) is 5.54. The van der Waals surface area contributed by atoms with Gasteiger partial charge in [0.1, 0.15) is 0 Å². The Morgan fingerprint density at radius 1 is 1.13 bits per heavy atom. The van der Waals surface area contributed by atoms with Gasteiger partial charge in [-0.2, -0.15) is 0 Å². The van der Waals surface area contributed by atoms with Gasteiger partial charge in [-0.3, -0.25) is 0 Å². The zero-order valence-electron chi connectivity index (χ0n) is 9.70. The van der Waals surface area contributed by atoms with E-state index in [0.29, 0.717) is 6.10 Å². The summed E-state index contributed by atoms with van der Waals surface area (Å²) in [5.74, 6) is 0. The van der Waals surface area contributed by atoms with Gasteiger partial charge >= 0.3 is 92.8 Å². The van der Waals surface area contributed by atoms with Crippen molar-refractivity contribution in [2.75, 3.05) is 12.3 Å². The summed E-state index contributed by atoms with van der Waals surface area (Å²) in [6, 6.07) is 10.9. The Morgan fingerprint density at radius 3 is 2.20 bits per heavy atom. The Kier molecular flexibility index (Phi) is 3.43. The number of hydrogen-bond acceptors (Lipinski definition) is 1. The monoisotopic (exact) mass is 224 g/mol. The van der Waals surface area contributed by atoms with Gasteiger partial charge in [0.05, 0.1) is 0 Å². The second-order valence-electron chi connectivity index (χ2n) is 4.38. The molecule has 1 saturated carbocycles. The van der Waals surface area contributed by atoms with Crippen LogP contribution in [0.1, 0.15) is 26.7 Å². The normalized spacial score (nSPS) is 17.7. The zero-order chi connectivity index (χ0) is 10.7. The van der Waals surface area contributed by atoms with Crippen molar-refractivity contribution in [3.8, 4) is 0 Å². The summed E-state index contributed by atoms with van der Waals surface area (Å²) >= 11 is 0. The maximum atomic E-state index is 6.37. The van der Waals surface area contributed by atoms with Crippen molar-refractivity contribution in [2.45, 2.75) is 32.8 Å². The third kappa shape index (κ3) is 2.41. The van der Waals surface area contributed by atoms with Crippen LogP contribution in [0.3, 0.4) is 0 Å². The van der Waals surface area contributed by atoms with E-state index in [4.69, 9.17) is 4.52 Å². The van der Waals surface area contributed by atoms with Gasteiger partial charge in [0.25, 0.3) is 0 Å². The molecule has 2 rings (SSSR count). The molecule has 0 atom stereocenters. The topological polar surface area (TPSA) is 9.23 Å². The molecule has 1 aliphatic rings. The van der Waals surface area contributed by atoms with Crippen molar-refractivity contribution in [3.63, 3.8) is 0 Å². The van der Waals surface area contributed by atoms with E-state index < -0.39 is 7.49 Å². The predicted octanol–water partition coefficient (Wildman–Crippen LogP) is 3.20. The van der Waals surface area contributed by atoms with Crippen LogP contribution < -0.4 is 5.30 Å². The summed E-state index contributed by atoms with van der Waals surface area (Å²) in [5.41, 5.74) is 0. The fourth-order valence-corrected chi connectivity index (χ4v) is 5.60. The molecule has 0 N–H and O–H groups in total. The van der Waals surface area contributed by atoms with Crippen molar-refractivity contribution < 1.29 is 4.52 Å². The fourth-order valence-electron chi connectivity index (χ4n) is 2.14. The van der Waals surface area contributed by atoms with Crippen molar-refractivity contribution >= 4 is 12.8 Å². The average Bonchev–Trinajstić information content (AvgIpc) is 3.11. The minimum absolute atomic E-state index is 0.580. The van der Waals surface area contributed by atoms with Gasteiger partial charge < -0.3 is 0 Å². The van der Waals surface area contributed by atoms with E-state index in [2.05, 4.69) is 44.2 Å². The molecular weight excluding hydrogens is 203 g/mol. The molecule has 0 unspecified atom stereocenters. The van der Waals surface area contributed by atoms with Crippen LogP contribution in [0.4, 0.5) is 0 Å². The Bertz CT molecular complexity index is 302. The Labute approximate surface area is 93.3 Å². The summed E-state index contributed by atoms with van der Waals surface area (Å²) in [7, 11) is -1.62. The van der Waals surface area contributed by atoms with Crippen LogP contribution in [0, 0.1) is 0 Å². The average molecular weight is 224 g/mol. The number of rotatable bonds is 5. The quantitative estimate of drug-likeness (QED) is 0.698. The predicted molar refractivity (Wildman–Crippen MR) is 69.6 cm³/mol. The first kappa shape index (κ1) is 11.1. The second-order valence-corrected chi connectivity index (χ2v) is 8.60. The van der Waals surface area contributed by atoms with Gasteiger partial charge in [0.2, 0.25) is 0 Å². The minimum atomic E-state index is -1.62. The van der Waals surface area contributed by atoms with E-state index in [1.54, 1.807) is 0 Å². The molecule has 84 valence electrons. The van der Waals surface area contributed by atoms with Gasteiger partial charge in [-0.05, 0) is 0 Å². The van der Waals surface area contributed by atoms with Gasteiger partial charge in [0.15, 0.2) is 0 Å². The van der Waals surface area contributed by atoms with E-state index in [1.165, 1.54) is 30.5 Å². The van der Waals surface area contributed by atoms with Gasteiger partial charge in [-0.15, -0.1) is 0 Å². The molecular formula is C13H21OP. The Hall–Kier alpha value is -0.390. The molecule has 0 saturated heterocycles. The summed E-state index contributed by atoms with van der Waals surface area (Å²) in [5, 5.41) is 1.47. The molecule has 1 aliphatic carbocycles. The van der Waals surface area contributed by atoms with Crippen LogP contribution in [0.25, 0.3) is 0 Å². The Morgan fingerprint density at radius 2 is 1.73 bits per heavy atom. The zero-order valence-corrected chi connectivity index (χ0v) is 10.7. The molecule has 0 heterocycles. The maximum absolute atomic E-state index is 6.37. The molecule has 0 radical (unpaired) electrons. The van der Waals surface area contributed by atoms with E-state index in [0.717, 1.165) is 0 Å². The summed E-state index contributed by atoms with van der Waals surface area (Å²) in [4.78, 5) is 0. The first-order chi connectivity index (χ1) is 7.30. The van der Waals surface area contributed by atoms with Crippen molar-refractivity contribution in [2.24, 2.45) is 0 Å². The number of hydrogen-bond donors (Lipinski definition) is 0. The van der Waals surface area contributed by atoms with Crippen LogP contribution in [-0.4, -0.2) is 18.4 Å². The van der Waals surface area contributed by atoms with Crippen LogP contribution in [0.2, 0.25) is 0 Å². The molecule has 1 aromatic rings. The molecule has 0 spiro atoms. The molecule has 0 aromatic heterocycles. The summed E-state index contributed by atoms with van der Waals surface area (Å²) < 4.78 is 6.37. The first-order valence-corrected chi connectivity index (χ1v) is 8.36. The van der Waals surface area contributed by atoms with Crippen LogP contribution >= 0.6 is 7.49 Å². The second kappa shape index (κ2) is 4.63. The number of benzene rings is 1. The van der Waals surface area contributed by atoms with E-state index in [1.807, 2.05) is 0 Å². The van der Waals surface area contributed by atoms with Crippen LogP contribution in [0.15, 0.2) is 30.3 Å². The van der Waals surface area contributed by atoms with Crippen molar-refractivity contribution in [1.82, 2.24) is 0 Å².